The average molecular weight is 442 g/mol. The molecule has 180 valence electrons. The fourth-order valence-electron chi connectivity index (χ4n) is 6.05. The predicted octanol–water partition coefficient (Wildman–Crippen LogP) is 8.30. The van der Waals surface area contributed by atoms with Gasteiger partial charge in [0.25, 0.3) is 0 Å². The van der Waals surface area contributed by atoms with Gasteiger partial charge in [0.1, 0.15) is 5.75 Å². The lowest BCUT2D eigenvalue weighted by molar-refractivity contribution is -0.134. The smallest absolute Gasteiger partial charge is 0.311 e. The van der Waals surface area contributed by atoms with Crippen LogP contribution in [-0.4, -0.2) is 11.0 Å². The first kappa shape index (κ1) is 25.2. The standard InChI is InChI=1S/C29H47NO2/c1-3-5-7-8-23-10-15-25(16-11-23)26-17-12-24(13-18-26)14-19-27-20-21-28(22-30-27)32-29(31)9-6-4-2/h20-26H,3-19H2,1-2H3/t23-,24-,25-,26-. The lowest BCUT2D eigenvalue weighted by Gasteiger charge is -2.38. The topological polar surface area (TPSA) is 39.2 Å². The minimum atomic E-state index is -0.150. The van der Waals surface area contributed by atoms with Crippen molar-refractivity contribution in [2.45, 2.75) is 123 Å². The minimum Gasteiger partial charge on any atom is -0.425 e. The quantitative estimate of drug-likeness (QED) is 0.242. The molecule has 0 radical (unpaired) electrons. The Bertz CT molecular complexity index is 640. The highest BCUT2D eigenvalue weighted by Gasteiger charge is 2.30. The van der Waals surface area contributed by atoms with Crippen molar-refractivity contribution in [2.75, 3.05) is 0 Å². The van der Waals surface area contributed by atoms with E-state index in [0.717, 1.165) is 48.6 Å². The van der Waals surface area contributed by atoms with Crippen LogP contribution >= 0.6 is 0 Å². The number of pyridine rings is 1. The molecule has 3 heteroatoms. The summed E-state index contributed by atoms with van der Waals surface area (Å²) in [6.45, 7) is 4.39. The highest BCUT2D eigenvalue weighted by atomic mass is 16.5. The molecule has 0 aromatic carbocycles. The van der Waals surface area contributed by atoms with Gasteiger partial charge in [-0.1, -0.05) is 71.6 Å². The third-order valence-corrected chi connectivity index (χ3v) is 8.24. The van der Waals surface area contributed by atoms with Crippen molar-refractivity contribution in [2.24, 2.45) is 23.7 Å². The zero-order valence-electron chi connectivity index (χ0n) is 20.8. The van der Waals surface area contributed by atoms with Gasteiger partial charge in [-0.05, 0) is 80.8 Å². The fraction of sp³-hybridized carbons (Fsp3) is 0.793. The van der Waals surface area contributed by atoms with Crippen molar-refractivity contribution in [1.82, 2.24) is 4.98 Å². The number of unbranched alkanes of at least 4 members (excludes halogenated alkanes) is 3. The lowest BCUT2D eigenvalue weighted by Crippen LogP contribution is -2.26. The zero-order chi connectivity index (χ0) is 22.6. The Kier molecular flexibility index (Phi) is 11.1. The van der Waals surface area contributed by atoms with Crippen molar-refractivity contribution < 1.29 is 9.53 Å². The van der Waals surface area contributed by atoms with E-state index >= 15 is 0 Å². The molecule has 3 rings (SSSR count). The normalized spacial score (nSPS) is 26.1. The van der Waals surface area contributed by atoms with Crippen LogP contribution in [0.4, 0.5) is 0 Å². The first-order valence-electron chi connectivity index (χ1n) is 13.8. The number of carbonyl (C=O) groups is 1. The van der Waals surface area contributed by atoms with E-state index in [2.05, 4.69) is 18.8 Å². The van der Waals surface area contributed by atoms with Gasteiger partial charge in [0.2, 0.25) is 0 Å². The second-order valence-electron chi connectivity index (χ2n) is 10.7. The largest absolute Gasteiger partial charge is 0.425 e. The van der Waals surface area contributed by atoms with Gasteiger partial charge in [-0.15, -0.1) is 0 Å². The second-order valence-corrected chi connectivity index (χ2v) is 10.7. The molecule has 0 saturated heterocycles. The second kappa shape index (κ2) is 14.0. The van der Waals surface area contributed by atoms with Gasteiger partial charge in [0, 0.05) is 12.1 Å². The molecular formula is C29H47NO2. The number of hydrogen-bond donors (Lipinski definition) is 0. The Morgan fingerprint density at radius 1 is 0.844 bits per heavy atom. The predicted molar refractivity (Wildman–Crippen MR) is 133 cm³/mol. The maximum absolute atomic E-state index is 11.7. The highest BCUT2D eigenvalue weighted by molar-refractivity contribution is 5.72. The Morgan fingerprint density at radius 3 is 2.03 bits per heavy atom. The van der Waals surface area contributed by atoms with Crippen molar-refractivity contribution in [3.05, 3.63) is 24.0 Å². The van der Waals surface area contributed by atoms with E-state index in [1.165, 1.54) is 83.5 Å². The van der Waals surface area contributed by atoms with Gasteiger partial charge in [-0.3, -0.25) is 9.78 Å². The molecule has 0 unspecified atom stereocenters. The molecule has 0 atom stereocenters. The van der Waals surface area contributed by atoms with Gasteiger partial charge >= 0.3 is 5.97 Å². The summed E-state index contributed by atoms with van der Waals surface area (Å²) in [5.74, 6) is 4.35. The average Bonchev–Trinajstić information content (AvgIpc) is 2.83. The number of aryl methyl sites for hydroxylation is 1. The molecule has 0 spiro atoms. The molecule has 2 aliphatic carbocycles. The number of rotatable bonds is 12. The van der Waals surface area contributed by atoms with Crippen molar-refractivity contribution >= 4 is 5.97 Å². The van der Waals surface area contributed by atoms with Gasteiger partial charge in [-0.2, -0.15) is 0 Å². The Labute approximate surface area is 197 Å². The first-order chi connectivity index (χ1) is 15.7. The van der Waals surface area contributed by atoms with Crippen molar-refractivity contribution in [1.29, 1.82) is 0 Å². The van der Waals surface area contributed by atoms with Crippen LogP contribution in [0.3, 0.4) is 0 Å². The summed E-state index contributed by atoms with van der Waals surface area (Å²) >= 11 is 0. The van der Waals surface area contributed by atoms with Crippen LogP contribution < -0.4 is 4.74 Å². The van der Waals surface area contributed by atoms with Crippen LogP contribution in [0.2, 0.25) is 0 Å². The molecule has 2 saturated carbocycles. The Hall–Kier alpha value is -1.38. The van der Waals surface area contributed by atoms with Crippen LogP contribution in [-0.2, 0) is 11.2 Å². The maximum atomic E-state index is 11.7. The summed E-state index contributed by atoms with van der Waals surface area (Å²) < 4.78 is 5.36. The summed E-state index contributed by atoms with van der Waals surface area (Å²) in [4.78, 5) is 16.3. The molecule has 1 aromatic rings. The molecule has 0 N–H and O–H groups in total. The molecule has 2 aliphatic rings. The van der Waals surface area contributed by atoms with Crippen LogP contribution in [0.15, 0.2) is 18.3 Å². The van der Waals surface area contributed by atoms with E-state index in [-0.39, 0.29) is 5.97 Å². The van der Waals surface area contributed by atoms with E-state index in [1.54, 1.807) is 6.20 Å². The molecule has 0 amide bonds. The third kappa shape index (κ3) is 8.52. The van der Waals surface area contributed by atoms with Gasteiger partial charge in [0.15, 0.2) is 0 Å². The number of nitrogens with zero attached hydrogens (tertiary/aromatic N) is 1. The molecule has 1 heterocycles. The summed E-state index contributed by atoms with van der Waals surface area (Å²) in [6, 6.07) is 3.94. The minimum absolute atomic E-state index is 0.150. The van der Waals surface area contributed by atoms with E-state index in [1.807, 2.05) is 12.1 Å². The van der Waals surface area contributed by atoms with Gasteiger partial charge < -0.3 is 4.74 Å². The summed E-state index contributed by atoms with van der Waals surface area (Å²) in [5.41, 5.74) is 1.13. The van der Waals surface area contributed by atoms with Crippen LogP contribution in [0.25, 0.3) is 0 Å². The number of hydrogen-bond acceptors (Lipinski definition) is 3. The first-order valence-corrected chi connectivity index (χ1v) is 13.8. The highest BCUT2D eigenvalue weighted by Crippen LogP contribution is 2.43. The van der Waals surface area contributed by atoms with E-state index in [0.29, 0.717) is 12.2 Å². The van der Waals surface area contributed by atoms with E-state index in [4.69, 9.17) is 4.74 Å². The van der Waals surface area contributed by atoms with Crippen LogP contribution in [0, 0.1) is 23.7 Å². The molecule has 0 bridgehead atoms. The molecular weight excluding hydrogens is 394 g/mol. The molecule has 1 aromatic heterocycles. The zero-order valence-corrected chi connectivity index (χ0v) is 20.8. The molecule has 0 aliphatic heterocycles. The summed E-state index contributed by atoms with van der Waals surface area (Å²) in [7, 11) is 0. The summed E-state index contributed by atoms with van der Waals surface area (Å²) in [6.07, 6.45) is 23.9. The maximum Gasteiger partial charge on any atom is 0.311 e. The number of esters is 1. The fourth-order valence-corrected chi connectivity index (χ4v) is 6.05. The lowest BCUT2D eigenvalue weighted by atomic mass is 9.68. The Morgan fingerprint density at radius 2 is 1.47 bits per heavy atom. The summed E-state index contributed by atoms with van der Waals surface area (Å²) in [5, 5.41) is 0. The van der Waals surface area contributed by atoms with Crippen LogP contribution in [0.5, 0.6) is 5.75 Å². The number of carbonyl (C=O) groups excluding carboxylic acids is 1. The van der Waals surface area contributed by atoms with Crippen molar-refractivity contribution in [3.8, 4) is 5.75 Å². The number of aromatic nitrogens is 1. The van der Waals surface area contributed by atoms with Gasteiger partial charge in [-0.25, -0.2) is 0 Å². The molecule has 3 nitrogen and oxygen atoms in total. The SMILES string of the molecule is CCCCC[C@H]1CC[C@H]([C@H]2CC[C@H](CCc3ccc(OC(=O)CCCC)cn3)CC2)CC1. The molecule has 2 fully saturated rings. The van der Waals surface area contributed by atoms with Crippen molar-refractivity contribution in [3.63, 3.8) is 0 Å². The monoisotopic (exact) mass is 441 g/mol. The number of ether oxygens (including phenoxy) is 1. The van der Waals surface area contributed by atoms with E-state index < -0.39 is 0 Å². The molecule has 32 heavy (non-hydrogen) atoms. The third-order valence-electron chi connectivity index (χ3n) is 8.24. The van der Waals surface area contributed by atoms with E-state index in [9.17, 15) is 4.79 Å². The van der Waals surface area contributed by atoms with Crippen LogP contribution in [0.1, 0.15) is 122 Å². The Balaban J connectivity index is 1.30. The van der Waals surface area contributed by atoms with Gasteiger partial charge in [0.05, 0.1) is 6.20 Å².